The van der Waals surface area contributed by atoms with Gasteiger partial charge >= 0.3 is 0 Å². The Hall–Kier alpha value is -2.35. The molecule has 0 bridgehead atoms. The van der Waals surface area contributed by atoms with E-state index in [-0.39, 0.29) is 19.0 Å². The van der Waals surface area contributed by atoms with E-state index < -0.39 is 5.54 Å². The Kier molecular flexibility index (Phi) is 3.28. The van der Waals surface area contributed by atoms with Gasteiger partial charge in [0, 0.05) is 5.92 Å². The quantitative estimate of drug-likeness (QED) is 0.747. The normalized spacial score (nSPS) is 24.9. The Morgan fingerprint density at radius 2 is 1.72 bits per heavy atom. The average molecular weight is 236 g/mol. The standard InChI is InChI=1S/C14H12N4/c15-6-8-18(9-7-16)14(11-17)10-13(14)12-4-2-1-3-5-12/h1-5,13H,8-10H2. The summed E-state index contributed by atoms with van der Waals surface area (Å²) in [5.41, 5.74) is 0.423. The van der Waals surface area contributed by atoms with Crippen LogP contribution in [0.2, 0.25) is 0 Å². The number of rotatable bonds is 4. The van der Waals surface area contributed by atoms with E-state index in [1.807, 2.05) is 42.5 Å². The molecule has 1 aromatic rings. The van der Waals surface area contributed by atoms with Gasteiger partial charge in [0.05, 0.1) is 31.3 Å². The summed E-state index contributed by atoms with van der Waals surface area (Å²) in [4.78, 5) is 1.67. The van der Waals surface area contributed by atoms with Gasteiger partial charge in [-0.3, -0.25) is 4.90 Å². The summed E-state index contributed by atoms with van der Waals surface area (Å²) in [6.45, 7) is 0.231. The fourth-order valence-corrected chi connectivity index (χ4v) is 2.38. The van der Waals surface area contributed by atoms with Crippen molar-refractivity contribution in [2.24, 2.45) is 0 Å². The molecule has 88 valence electrons. The Morgan fingerprint density at radius 3 is 2.22 bits per heavy atom. The topological polar surface area (TPSA) is 74.6 Å². The molecule has 1 saturated carbocycles. The molecule has 2 atom stereocenters. The minimum Gasteiger partial charge on any atom is -0.258 e. The SMILES string of the molecule is N#CCN(CC#N)C1(C#N)CC1c1ccccc1. The number of nitriles is 3. The van der Waals surface area contributed by atoms with Crippen LogP contribution < -0.4 is 0 Å². The lowest BCUT2D eigenvalue weighted by molar-refractivity contribution is 0.269. The Bertz CT molecular complexity index is 530. The van der Waals surface area contributed by atoms with Crippen LogP contribution in [-0.4, -0.2) is 23.5 Å². The fraction of sp³-hybridized carbons (Fsp3) is 0.357. The number of nitrogens with zero attached hydrogens (tertiary/aromatic N) is 4. The number of benzene rings is 1. The van der Waals surface area contributed by atoms with Crippen molar-refractivity contribution in [2.75, 3.05) is 13.1 Å². The van der Waals surface area contributed by atoms with Crippen molar-refractivity contribution in [1.82, 2.24) is 4.90 Å². The molecule has 0 aliphatic heterocycles. The summed E-state index contributed by atoms with van der Waals surface area (Å²) in [6, 6.07) is 16.1. The van der Waals surface area contributed by atoms with Crippen LogP contribution in [-0.2, 0) is 0 Å². The molecule has 0 saturated heterocycles. The van der Waals surface area contributed by atoms with Gasteiger partial charge in [0.15, 0.2) is 0 Å². The molecular formula is C14H12N4. The molecular weight excluding hydrogens is 224 g/mol. The summed E-state index contributed by atoms with van der Waals surface area (Å²) in [6.07, 6.45) is 0.691. The molecule has 0 heterocycles. The zero-order valence-electron chi connectivity index (χ0n) is 9.87. The van der Waals surface area contributed by atoms with Crippen LogP contribution in [0.4, 0.5) is 0 Å². The fourth-order valence-electron chi connectivity index (χ4n) is 2.38. The van der Waals surface area contributed by atoms with Crippen molar-refractivity contribution in [1.29, 1.82) is 15.8 Å². The molecule has 4 heteroatoms. The third kappa shape index (κ3) is 1.93. The van der Waals surface area contributed by atoms with E-state index in [1.165, 1.54) is 0 Å². The number of hydrogen-bond acceptors (Lipinski definition) is 4. The van der Waals surface area contributed by atoms with Crippen molar-refractivity contribution in [3.8, 4) is 18.2 Å². The summed E-state index contributed by atoms with van der Waals surface area (Å²) >= 11 is 0. The third-order valence-electron chi connectivity index (χ3n) is 3.41. The zero-order chi connectivity index (χ0) is 13.0. The second-order valence-corrected chi connectivity index (χ2v) is 4.38. The van der Waals surface area contributed by atoms with Crippen LogP contribution in [0.1, 0.15) is 17.9 Å². The molecule has 1 aliphatic carbocycles. The van der Waals surface area contributed by atoms with Crippen LogP contribution in [0, 0.1) is 34.0 Å². The minimum absolute atomic E-state index is 0.102. The monoisotopic (exact) mass is 236 g/mol. The van der Waals surface area contributed by atoms with Gasteiger partial charge in [-0.05, 0) is 12.0 Å². The van der Waals surface area contributed by atoms with Gasteiger partial charge in [0.1, 0.15) is 5.54 Å². The first kappa shape index (κ1) is 12.1. The first-order chi connectivity index (χ1) is 8.78. The van der Waals surface area contributed by atoms with Crippen LogP contribution >= 0.6 is 0 Å². The van der Waals surface area contributed by atoms with E-state index in [1.54, 1.807) is 4.90 Å². The van der Waals surface area contributed by atoms with Crippen LogP contribution in [0.3, 0.4) is 0 Å². The van der Waals surface area contributed by atoms with E-state index in [4.69, 9.17) is 10.5 Å². The Labute approximate surface area is 106 Å². The molecule has 0 amide bonds. The predicted octanol–water partition coefficient (Wildman–Crippen LogP) is 1.79. The van der Waals surface area contributed by atoms with Gasteiger partial charge < -0.3 is 0 Å². The molecule has 18 heavy (non-hydrogen) atoms. The van der Waals surface area contributed by atoms with Crippen LogP contribution in [0.5, 0.6) is 0 Å². The predicted molar refractivity (Wildman–Crippen MR) is 64.9 cm³/mol. The molecule has 1 fully saturated rings. The first-order valence-corrected chi connectivity index (χ1v) is 5.73. The maximum Gasteiger partial charge on any atom is 0.118 e. The van der Waals surface area contributed by atoms with Crippen molar-refractivity contribution in [2.45, 2.75) is 17.9 Å². The first-order valence-electron chi connectivity index (χ1n) is 5.73. The largest absolute Gasteiger partial charge is 0.258 e. The molecule has 0 spiro atoms. The molecule has 2 rings (SSSR count). The van der Waals surface area contributed by atoms with Crippen molar-refractivity contribution in [3.05, 3.63) is 35.9 Å². The lowest BCUT2D eigenvalue weighted by Gasteiger charge is -2.22. The molecule has 4 nitrogen and oxygen atoms in total. The molecule has 0 N–H and O–H groups in total. The van der Waals surface area contributed by atoms with E-state index in [0.717, 1.165) is 5.56 Å². The highest BCUT2D eigenvalue weighted by Crippen LogP contribution is 2.54. The summed E-state index contributed by atoms with van der Waals surface area (Å²) in [7, 11) is 0. The lowest BCUT2D eigenvalue weighted by atomic mass is 10.1. The van der Waals surface area contributed by atoms with Crippen molar-refractivity contribution in [3.63, 3.8) is 0 Å². The molecule has 1 aliphatic rings. The van der Waals surface area contributed by atoms with E-state index in [2.05, 4.69) is 6.07 Å². The van der Waals surface area contributed by atoms with E-state index in [9.17, 15) is 5.26 Å². The smallest absolute Gasteiger partial charge is 0.118 e. The summed E-state index contributed by atoms with van der Waals surface area (Å²) in [5, 5.41) is 27.0. The van der Waals surface area contributed by atoms with Gasteiger partial charge in [0.2, 0.25) is 0 Å². The zero-order valence-corrected chi connectivity index (χ0v) is 9.87. The second kappa shape index (κ2) is 4.88. The maximum absolute atomic E-state index is 9.40. The highest BCUT2D eigenvalue weighted by Gasteiger charge is 2.59. The summed E-state index contributed by atoms with van der Waals surface area (Å²) < 4.78 is 0. The van der Waals surface area contributed by atoms with Gasteiger partial charge in [-0.1, -0.05) is 30.3 Å². The molecule has 1 aromatic carbocycles. The van der Waals surface area contributed by atoms with E-state index >= 15 is 0 Å². The molecule has 0 radical (unpaired) electrons. The van der Waals surface area contributed by atoms with Crippen molar-refractivity contribution >= 4 is 0 Å². The molecule has 0 aromatic heterocycles. The van der Waals surface area contributed by atoms with Crippen LogP contribution in [0.15, 0.2) is 30.3 Å². The van der Waals surface area contributed by atoms with Gasteiger partial charge in [-0.15, -0.1) is 0 Å². The van der Waals surface area contributed by atoms with Gasteiger partial charge in [-0.25, -0.2) is 0 Å². The second-order valence-electron chi connectivity index (χ2n) is 4.38. The molecule has 2 unspecified atom stereocenters. The third-order valence-corrected chi connectivity index (χ3v) is 3.41. The Morgan fingerprint density at radius 1 is 1.11 bits per heavy atom. The highest BCUT2D eigenvalue weighted by molar-refractivity contribution is 5.40. The maximum atomic E-state index is 9.40. The van der Waals surface area contributed by atoms with Gasteiger partial charge in [0.25, 0.3) is 0 Å². The average Bonchev–Trinajstić information content (AvgIpc) is 3.15. The number of hydrogen-bond donors (Lipinski definition) is 0. The lowest BCUT2D eigenvalue weighted by Crippen LogP contribution is -2.38. The van der Waals surface area contributed by atoms with E-state index in [0.29, 0.717) is 6.42 Å². The minimum atomic E-state index is -0.674. The van der Waals surface area contributed by atoms with Crippen LogP contribution in [0.25, 0.3) is 0 Å². The summed E-state index contributed by atoms with van der Waals surface area (Å²) in [5.74, 6) is 0.102. The Balaban J connectivity index is 2.23. The highest BCUT2D eigenvalue weighted by atomic mass is 15.2. The van der Waals surface area contributed by atoms with Crippen molar-refractivity contribution < 1.29 is 0 Å². The van der Waals surface area contributed by atoms with Gasteiger partial charge in [-0.2, -0.15) is 15.8 Å².